The SMILES string of the molecule is CNCCC1CCN(S(=O)(=O)c2ccc(C)cc2C)CC1.Cl. The van der Waals surface area contributed by atoms with Crippen molar-refractivity contribution in [2.75, 3.05) is 26.7 Å². The number of hydrogen-bond acceptors (Lipinski definition) is 3. The largest absolute Gasteiger partial charge is 0.320 e. The van der Waals surface area contributed by atoms with Crippen LogP contribution in [0.5, 0.6) is 0 Å². The summed E-state index contributed by atoms with van der Waals surface area (Å²) in [6, 6.07) is 5.55. The molecule has 1 fully saturated rings. The van der Waals surface area contributed by atoms with Crippen LogP contribution in [0.2, 0.25) is 0 Å². The zero-order valence-corrected chi connectivity index (χ0v) is 15.3. The molecule has 0 unspecified atom stereocenters. The average molecular weight is 347 g/mol. The molecule has 1 aliphatic heterocycles. The lowest BCUT2D eigenvalue weighted by Gasteiger charge is -2.31. The molecule has 0 radical (unpaired) electrons. The first kappa shape index (κ1) is 19.4. The van der Waals surface area contributed by atoms with Gasteiger partial charge in [0, 0.05) is 13.1 Å². The van der Waals surface area contributed by atoms with Crippen molar-refractivity contribution in [2.45, 2.75) is 38.0 Å². The molecule has 22 heavy (non-hydrogen) atoms. The van der Waals surface area contributed by atoms with Crippen molar-refractivity contribution >= 4 is 22.4 Å². The Hall–Kier alpha value is -0.620. The van der Waals surface area contributed by atoms with Crippen molar-refractivity contribution in [3.8, 4) is 0 Å². The smallest absolute Gasteiger partial charge is 0.243 e. The van der Waals surface area contributed by atoms with Crippen LogP contribution in [0, 0.1) is 19.8 Å². The van der Waals surface area contributed by atoms with E-state index in [1.807, 2.05) is 33.0 Å². The third-order valence-electron chi connectivity index (χ3n) is 4.32. The van der Waals surface area contributed by atoms with Crippen molar-refractivity contribution in [1.82, 2.24) is 9.62 Å². The molecular formula is C16H27ClN2O2S. The molecule has 6 heteroatoms. The second-order valence-corrected chi connectivity index (χ2v) is 7.91. The average Bonchev–Trinajstić information content (AvgIpc) is 2.45. The number of nitrogens with one attached hydrogen (secondary N) is 1. The summed E-state index contributed by atoms with van der Waals surface area (Å²) in [5.41, 5.74) is 1.93. The molecule has 0 spiro atoms. The standard InChI is InChI=1S/C16H26N2O2S.ClH/c1-13-4-5-16(14(2)12-13)21(19,20)18-10-7-15(8-11-18)6-9-17-3;/h4-5,12,15,17H,6-11H2,1-3H3;1H. The maximum absolute atomic E-state index is 12.8. The minimum atomic E-state index is -3.34. The molecule has 1 N–H and O–H groups in total. The Morgan fingerprint density at radius 3 is 2.41 bits per heavy atom. The van der Waals surface area contributed by atoms with E-state index in [1.54, 1.807) is 10.4 Å². The van der Waals surface area contributed by atoms with Crippen LogP contribution < -0.4 is 5.32 Å². The number of hydrogen-bond donors (Lipinski definition) is 1. The lowest BCUT2D eigenvalue weighted by Crippen LogP contribution is -2.39. The topological polar surface area (TPSA) is 49.4 Å². The number of halogens is 1. The van der Waals surface area contributed by atoms with E-state index in [0.717, 1.165) is 36.9 Å². The van der Waals surface area contributed by atoms with Gasteiger partial charge in [-0.1, -0.05) is 17.7 Å². The Kier molecular flexibility index (Phi) is 7.32. The minimum absolute atomic E-state index is 0. The van der Waals surface area contributed by atoms with Gasteiger partial charge in [0.2, 0.25) is 10.0 Å². The lowest BCUT2D eigenvalue weighted by atomic mass is 9.95. The van der Waals surface area contributed by atoms with Gasteiger partial charge in [0.25, 0.3) is 0 Å². The summed E-state index contributed by atoms with van der Waals surface area (Å²) in [5, 5.41) is 3.16. The van der Waals surface area contributed by atoms with Gasteiger partial charge in [-0.2, -0.15) is 4.31 Å². The molecular weight excluding hydrogens is 320 g/mol. The molecule has 1 saturated heterocycles. The fourth-order valence-corrected chi connectivity index (χ4v) is 4.69. The Morgan fingerprint density at radius 2 is 1.86 bits per heavy atom. The van der Waals surface area contributed by atoms with E-state index in [1.165, 1.54) is 0 Å². The van der Waals surface area contributed by atoms with Gasteiger partial charge in [0.15, 0.2) is 0 Å². The second kappa shape index (κ2) is 8.29. The predicted octanol–water partition coefficient (Wildman–Crippen LogP) is 2.74. The molecule has 1 heterocycles. The van der Waals surface area contributed by atoms with Crippen LogP contribution >= 0.6 is 12.4 Å². The third kappa shape index (κ3) is 4.44. The fraction of sp³-hybridized carbons (Fsp3) is 0.625. The van der Waals surface area contributed by atoms with Gasteiger partial charge >= 0.3 is 0 Å². The highest BCUT2D eigenvalue weighted by Crippen LogP contribution is 2.27. The fourth-order valence-electron chi connectivity index (χ4n) is 3.01. The number of sulfonamides is 1. The van der Waals surface area contributed by atoms with E-state index in [0.29, 0.717) is 23.9 Å². The summed E-state index contributed by atoms with van der Waals surface area (Å²) in [6.07, 6.45) is 3.06. The van der Waals surface area contributed by atoms with Crippen LogP contribution in [-0.4, -0.2) is 39.4 Å². The van der Waals surface area contributed by atoms with Crippen LogP contribution in [0.4, 0.5) is 0 Å². The van der Waals surface area contributed by atoms with Gasteiger partial charge < -0.3 is 5.32 Å². The van der Waals surface area contributed by atoms with Crippen LogP contribution in [-0.2, 0) is 10.0 Å². The summed E-state index contributed by atoms with van der Waals surface area (Å²) in [7, 11) is -1.38. The Labute approximate surface area is 140 Å². The maximum Gasteiger partial charge on any atom is 0.243 e. The summed E-state index contributed by atoms with van der Waals surface area (Å²) in [5.74, 6) is 0.642. The predicted molar refractivity (Wildman–Crippen MR) is 93.2 cm³/mol. The van der Waals surface area contributed by atoms with Crippen molar-refractivity contribution in [1.29, 1.82) is 0 Å². The Bertz CT molecular complexity index is 582. The van der Waals surface area contributed by atoms with Crippen LogP contribution in [0.1, 0.15) is 30.4 Å². The minimum Gasteiger partial charge on any atom is -0.320 e. The summed E-state index contributed by atoms with van der Waals surface area (Å²) in [6.45, 7) is 6.15. The number of aryl methyl sites for hydroxylation is 2. The van der Waals surface area contributed by atoms with Crippen molar-refractivity contribution in [3.63, 3.8) is 0 Å². The molecule has 0 amide bonds. The Balaban J connectivity index is 0.00000242. The van der Waals surface area contributed by atoms with E-state index in [2.05, 4.69) is 5.32 Å². The second-order valence-electron chi connectivity index (χ2n) is 6.01. The van der Waals surface area contributed by atoms with Gasteiger partial charge in [0.05, 0.1) is 4.90 Å². The normalized spacial score (nSPS) is 17.2. The highest BCUT2D eigenvalue weighted by Gasteiger charge is 2.30. The molecule has 0 bridgehead atoms. The van der Waals surface area contributed by atoms with Crippen molar-refractivity contribution in [2.24, 2.45) is 5.92 Å². The Morgan fingerprint density at radius 1 is 1.23 bits per heavy atom. The highest BCUT2D eigenvalue weighted by molar-refractivity contribution is 7.89. The molecule has 1 aliphatic rings. The summed E-state index contributed by atoms with van der Waals surface area (Å²) in [4.78, 5) is 0.460. The van der Waals surface area contributed by atoms with Crippen LogP contribution in [0.25, 0.3) is 0 Å². The number of rotatable bonds is 5. The van der Waals surface area contributed by atoms with Gasteiger partial charge in [0.1, 0.15) is 0 Å². The first-order chi connectivity index (χ1) is 9.95. The quantitative estimate of drug-likeness (QED) is 0.891. The van der Waals surface area contributed by atoms with E-state index in [4.69, 9.17) is 0 Å². The van der Waals surface area contributed by atoms with Crippen LogP contribution in [0.15, 0.2) is 23.1 Å². The van der Waals surface area contributed by atoms with Crippen molar-refractivity contribution < 1.29 is 8.42 Å². The van der Waals surface area contributed by atoms with E-state index in [-0.39, 0.29) is 12.4 Å². The third-order valence-corrected chi connectivity index (χ3v) is 6.38. The number of piperidine rings is 1. The molecule has 1 aromatic rings. The maximum atomic E-state index is 12.8. The molecule has 4 nitrogen and oxygen atoms in total. The first-order valence-corrected chi connectivity index (χ1v) is 9.11. The molecule has 2 rings (SSSR count). The molecule has 0 aliphatic carbocycles. The van der Waals surface area contributed by atoms with Crippen LogP contribution in [0.3, 0.4) is 0 Å². The zero-order valence-electron chi connectivity index (χ0n) is 13.6. The van der Waals surface area contributed by atoms with Gasteiger partial charge in [-0.3, -0.25) is 0 Å². The number of nitrogens with zero attached hydrogens (tertiary/aromatic N) is 1. The number of benzene rings is 1. The molecule has 126 valence electrons. The summed E-state index contributed by atoms with van der Waals surface area (Å²) >= 11 is 0. The lowest BCUT2D eigenvalue weighted by molar-refractivity contribution is 0.263. The monoisotopic (exact) mass is 346 g/mol. The molecule has 0 saturated carbocycles. The van der Waals surface area contributed by atoms with E-state index in [9.17, 15) is 8.42 Å². The highest BCUT2D eigenvalue weighted by atomic mass is 35.5. The zero-order chi connectivity index (χ0) is 15.5. The van der Waals surface area contributed by atoms with E-state index >= 15 is 0 Å². The van der Waals surface area contributed by atoms with Gasteiger partial charge in [-0.25, -0.2) is 8.42 Å². The van der Waals surface area contributed by atoms with Gasteiger partial charge in [-0.15, -0.1) is 12.4 Å². The first-order valence-electron chi connectivity index (χ1n) is 7.67. The van der Waals surface area contributed by atoms with E-state index < -0.39 is 10.0 Å². The van der Waals surface area contributed by atoms with Gasteiger partial charge in [-0.05, 0) is 64.3 Å². The molecule has 0 atom stereocenters. The molecule has 1 aromatic carbocycles. The van der Waals surface area contributed by atoms with Crippen molar-refractivity contribution in [3.05, 3.63) is 29.3 Å². The summed E-state index contributed by atoms with van der Waals surface area (Å²) < 4.78 is 27.2. The molecule has 0 aromatic heterocycles.